The van der Waals surface area contributed by atoms with Crippen LogP contribution in [0.25, 0.3) is 22.0 Å². The van der Waals surface area contributed by atoms with E-state index in [1.54, 1.807) is 18.2 Å². The van der Waals surface area contributed by atoms with Crippen LogP contribution >= 0.6 is 0 Å². The van der Waals surface area contributed by atoms with E-state index in [0.717, 1.165) is 22.0 Å². The minimum absolute atomic E-state index is 0.237. The highest BCUT2D eigenvalue weighted by Crippen LogP contribution is 2.24. The second-order valence-electron chi connectivity index (χ2n) is 5.78. The first-order valence-electron chi connectivity index (χ1n) is 7.87. The van der Waals surface area contributed by atoms with Crippen LogP contribution in [0.15, 0.2) is 90.0 Å². The molecular formula is C20H16N2O2S. The molecule has 0 aliphatic carbocycles. The van der Waals surface area contributed by atoms with Gasteiger partial charge in [0.2, 0.25) is 0 Å². The molecule has 0 saturated carbocycles. The summed E-state index contributed by atoms with van der Waals surface area (Å²) in [6.07, 6.45) is 1.82. The van der Waals surface area contributed by atoms with Crippen LogP contribution in [-0.2, 0) is 10.0 Å². The summed E-state index contributed by atoms with van der Waals surface area (Å²) in [7, 11) is -3.62. The van der Waals surface area contributed by atoms with Crippen molar-refractivity contribution in [3.05, 3.63) is 85.1 Å². The SMILES string of the molecule is O=S(=O)(Nc1ccc2[nH]ccc2c1)c1ccc(-c2ccccc2)cc1. The van der Waals surface area contributed by atoms with Crippen LogP contribution in [0.2, 0.25) is 0 Å². The lowest BCUT2D eigenvalue weighted by Crippen LogP contribution is -2.12. The van der Waals surface area contributed by atoms with E-state index >= 15 is 0 Å². The summed E-state index contributed by atoms with van der Waals surface area (Å²) in [5, 5.41) is 0.958. The quantitative estimate of drug-likeness (QED) is 0.564. The van der Waals surface area contributed by atoms with E-state index in [4.69, 9.17) is 0 Å². The van der Waals surface area contributed by atoms with Crippen LogP contribution in [0, 0.1) is 0 Å². The summed E-state index contributed by atoms with van der Waals surface area (Å²) in [4.78, 5) is 3.32. The minimum Gasteiger partial charge on any atom is -0.361 e. The number of aromatic amines is 1. The average Bonchev–Trinajstić information content (AvgIpc) is 3.10. The Morgan fingerprint density at radius 3 is 2.24 bits per heavy atom. The molecule has 0 unspecified atom stereocenters. The highest BCUT2D eigenvalue weighted by molar-refractivity contribution is 7.92. The Morgan fingerprint density at radius 1 is 0.760 bits per heavy atom. The molecule has 0 aliphatic heterocycles. The van der Waals surface area contributed by atoms with E-state index in [1.807, 2.05) is 66.9 Å². The summed E-state index contributed by atoms with van der Waals surface area (Å²) in [6.45, 7) is 0. The largest absolute Gasteiger partial charge is 0.361 e. The van der Waals surface area contributed by atoms with Crippen LogP contribution in [0.3, 0.4) is 0 Å². The number of hydrogen-bond acceptors (Lipinski definition) is 2. The Kier molecular flexibility index (Phi) is 3.78. The third kappa shape index (κ3) is 3.14. The minimum atomic E-state index is -3.62. The Hall–Kier alpha value is -3.05. The molecular weight excluding hydrogens is 332 g/mol. The van der Waals surface area contributed by atoms with E-state index in [0.29, 0.717) is 5.69 Å². The Balaban J connectivity index is 1.61. The first kappa shape index (κ1) is 15.5. The molecule has 0 atom stereocenters. The Labute approximate surface area is 146 Å². The number of sulfonamides is 1. The molecule has 3 aromatic carbocycles. The van der Waals surface area contributed by atoms with Gasteiger partial charge in [-0.2, -0.15) is 0 Å². The van der Waals surface area contributed by atoms with Gasteiger partial charge in [0.25, 0.3) is 10.0 Å². The number of H-pyrrole nitrogens is 1. The summed E-state index contributed by atoms with van der Waals surface area (Å²) in [5.74, 6) is 0. The van der Waals surface area contributed by atoms with Gasteiger partial charge < -0.3 is 4.98 Å². The number of benzene rings is 3. The fourth-order valence-electron chi connectivity index (χ4n) is 2.79. The topological polar surface area (TPSA) is 62.0 Å². The molecule has 4 aromatic rings. The van der Waals surface area contributed by atoms with Gasteiger partial charge in [0.15, 0.2) is 0 Å². The first-order valence-corrected chi connectivity index (χ1v) is 9.36. The van der Waals surface area contributed by atoms with Crippen molar-refractivity contribution in [2.45, 2.75) is 4.90 Å². The molecule has 124 valence electrons. The maximum atomic E-state index is 12.6. The van der Waals surface area contributed by atoms with E-state index in [2.05, 4.69) is 9.71 Å². The van der Waals surface area contributed by atoms with E-state index < -0.39 is 10.0 Å². The number of anilines is 1. The van der Waals surface area contributed by atoms with Gasteiger partial charge in [0.05, 0.1) is 4.90 Å². The maximum absolute atomic E-state index is 12.6. The van der Waals surface area contributed by atoms with E-state index in [9.17, 15) is 8.42 Å². The summed E-state index contributed by atoms with van der Waals surface area (Å²) in [6, 6.07) is 24.0. The van der Waals surface area contributed by atoms with Crippen LogP contribution < -0.4 is 4.72 Å². The van der Waals surface area contributed by atoms with Gasteiger partial charge in [0.1, 0.15) is 0 Å². The van der Waals surface area contributed by atoms with Gasteiger partial charge in [-0.3, -0.25) is 4.72 Å². The summed E-state index contributed by atoms with van der Waals surface area (Å²) >= 11 is 0. The molecule has 2 N–H and O–H groups in total. The van der Waals surface area contributed by atoms with Crippen LogP contribution in [-0.4, -0.2) is 13.4 Å². The van der Waals surface area contributed by atoms with Gasteiger partial charge in [-0.15, -0.1) is 0 Å². The van der Waals surface area contributed by atoms with Crippen molar-refractivity contribution in [1.29, 1.82) is 0 Å². The molecule has 0 bridgehead atoms. The Bertz CT molecular complexity index is 1120. The normalized spacial score (nSPS) is 11.5. The molecule has 0 radical (unpaired) electrons. The lowest BCUT2D eigenvalue weighted by molar-refractivity contribution is 0.601. The highest BCUT2D eigenvalue weighted by Gasteiger charge is 2.14. The van der Waals surface area contributed by atoms with Crippen LogP contribution in [0.1, 0.15) is 0 Å². The van der Waals surface area contributed by atoms with Gasteiger partial charge in [-0.25, -0.2) is 8.42 Å². The van der Waals surface area contributed by atoms with Gasteiger partial charge in [0, 0.05) is 22.8 Å². The molecule has 1 heterocycles. The van der Waals surface area contributed by atoms with Crippen molar-refractivity contribution in [3.63, 3.8) is 0 Å². The first-order chi connectivity index (χ1) is 12.1. The molecule has 4 nitrogen and oxygen atoms in total. The molecule has 0 fully saturated rings. The zero-order valence-electron chi connectivity index (χ0n) is 13.3. The number of aromatic nitrogens is 1. The molecule has 25 heavy (non-hydrogen) atoms. The second-order valence-corrected chi connectivity index (χ2v) is 7.46. The highest BCUT2D eigenvalue weighted by atomic mass is 32.2. The van der Waals surface area contributed by atoms with Crippen molar-refractivity contribution in [1.82, 2.24) is 4.98 Å². The summed E-state index contributed by atoms with van der Waals surface area (Å²) < 4.78 is 27.8. The van der Waals surface area contributed by atoms with Crippen LogP contribution in [0.4, 0.5) is 5.69 Å². The number of hydrogen-bond donors (Lipinski definition) is 2. The van der Waals surface area contributed by atoms with Crippen molar-refractivity contribution >= 4 is 26.6 Å². The number of fused-ring (bicyclic) bond motifs is 1. The van der Waals surface area contributed by atoms with Crippen LogP contribution in [0.5, 0.6) is 0 Å². The molecule has 5 heteroatoms. The third-order valence-corrected chi connectivity index (χ3v) is 5.47. The average molecular weight is 348 g/mol. The van der Waals surface area contributed by atoms with Gasteiger partial charge >= 0.3 is 0 Å². The number of rotatable bonds is 4. The molecule has 1 aromatic heterocycles. The number of nitrogens with one attached hydrogen (secondary N) is 2. The lowest BCUT2D eigenvalue weighted by atomic mass is 10.1. The summed E-state index contributed by atoms with van der Waals surface area (Å²) in [5.41, 5.74) is 3.54. The zero-order valence-corrected chi connectivity index (χ0v) is 14.1. The predicted molar refractivity (Wildman–Crippen MR) is 101 cm³/mol. The molecule has 0 saturated heterocycles. The fraction of sp³-hybridized carbons (Fsp3) is 0. The molecule has 4 rings (SSSR count). The lowest BCUT2D eigenvalue weighted by Gasteiger charge is -2.09. The van der Waals surface area contributed by atoms with Gasteiger partial charge in [-0.1, -0.05) is 42.5 Å². The van der Waals surface area contributed by atoms with Crippen molar-refractivity contribution < 1.29 is 8.42 Å². The molecule has 0 aliphatic rings. The maximum Gasteiger partial charge on any atom is 0.261 e. The monoisotopic (exact) mass is 348 g/mol. The Morgan fingerprint density at radius 2 is 1.48 bits per heavy atom. The zero-order chi connectivity index (χ0) is 17.3. The third-order valence-electron chi connectivity index (χ3n) is 4.08. The van der Waals surface area contributed by atoms with E-state index in [-0.39, 0.29) is 4.90 Å². The standard InChI is InChI=1S/C20H16N2O2S/c23-25(24,22-18-8-11-20-17(14-18)12-13-21-20)19-9-6-16(7-10-19)15-4-2-1-3-5-15/h1-14,21-22H. The predicted octanol–water partition coefficient (Wildman–Crippen LogP) is 4.64. The smallest absolute Gasteiger partial charge is 0.261 e. The fourth-order valence-corrected chi connectivity index (χ4v) is 3.84. The van der Waals surface area contributed by atoms with Gasteiger partial charge in [-0.05, 0) is 47.5 Å². The second kappa shape index (κ2) is 6.11. The van der Waals surface area contributed by atoms with Crippen molar-refractivity contribution in [3.8, 4) is 11.1 Å². The van der Waals surface area contributed by atoms with E-state index in [1.165, 1.54) is 0 Å². The molecule has 0 spiro atoms. The van der Waals surface area contributed by atoms with Crippen molar-refractivity contribution in [2.75, 3.05) is 4.72 Å². The molecule has 0 amide bonds. The van der Waals surface area contributed by atoms with Crippen molar-refractivity contribution in [2.24, 2.45) is 0 Å².